The number of carbonyl (C=O) groups is 2. The number of amides is 1. The summed E-state index contributed by atoms with van der Waals surface area (Å²) in [7, 11) is 3.33. The maximum atomic E-state index is 12.4. The molecule has 10 heteroatoms. The monoisotopic (exact) mass is 480 g/mol. The third kappa shape index (κ3) is 4.10. The molecule has 4 rings (SSSR count). The number of carboxylic acid groups (broad SMARTS) is 1. The number of hydrogen-bond donors (Lipinski definition) is 3. The maximum absolute atomic E-state index is 12.4. The molecule has 0 radical (unpaired) electrons. The minimum absolute atomic E-state index is 0.245. The average Bonchev–Trinajstić information content (AvgIpc) is 3.35. The van der Waals surface area contributed by atoms with Gasteiger partial charge in [0.25, 0.3) is 5.91 Å². The molecule has 9 nitrogen and oxygen atoms in total. The number of halogens is 1. The number of carbonyl (C=O) groups excluding carboxylic acids is 1. The second-order valence-corrected chi connectivity index (χ2v) is 9.39. The van der Waals surface area contributed by atoms with Crippen molar-refractivity contribution in [3.63, 3.8) is 0 Å². The van der Waals surface area contributed by atoms with Gasteiger partial charge in [-0.2, -0.15) is 5.10 Å². The minimum atomic E-state index is -1.11. The highest BCUT2D eigenvalue weighted by atomic mass is 35.5. The van der Waals surface area contributed by atoms with Crippen molar-refractivity contribution in [2.45, 2.75) is 26.2 Å². The van der Waals surface area contributed by atoms with Crippen molar-refractivity contribution in [1.82, 2.24) is 24.6 Å². The first-order valence-electron chi connectivity index (χ1n) is 10.6. The summed E-state index contributed by atoms with van der Waals surface area (Å²) in [6, 6.07) is 6.56. The Balaban J connectivity index is 1.88. The van der Waals surface area contributed by atoms with Crippen LogP contribution in [0, 0.1) is 0 Å². The van der Waals surface area contributed by atoms with Crippen LogP contribution in [0.25, 0.3) is 22.2 Å². The summed E-state index contributed by atoms with van der Waals surface area (Å²) < 4.78 is 2.91. The lowest BCUT2D eigenvalue weighted by atomic mass is 9.84. The molecule has 4 aromatic rings. The molecule has 0 aliphatic heterocycles. The SMILES string of the molecule is CNC(=O)c1ccc(Nc2cc3c(cn2)c(C(C)(C)C)c(-c2cnn(C)c2)n3C(=O)O)c(Cl)c1. The molecule has 3 N–H and O–H groups in total. The molecule has 0 aliphatic rings. The number of aryl methyl sites for hydroxylation is 1. The molecule has 0 saturated carbocycles. The Bertz CT molecular complexity index is 1430. The van der Waals surface area contributed by atoms with Crippen LogP contribution in [-0.4, -0.2) is 43.5 Å². The number of nitrogens with one attached hydrogen (secondary N) is 2. The molecule has 3 heterocycles. The normalized spacial score (nSPS) is 11.6. The molecular formula is C24H25ClN6O3. The van der Waals surface area contributed by atoms with Crippen molar-refractivity contribution in [3.8, 4) is 11.3 Å². The summed E-state index contributed by atoms with van der Waals surface area (Å²) in [5.41, 5.74) is 3.23. The van der Waals surface area contributed by atoms with Crippen molar-refractivity contribution in [3.05, 3.63) is 59.0 Å². The van der Waals surface area contributed by atoms with E-state index >= 15 is 0 Å². The van der Waals surface area contributed by atoms with Crippen LogP contribution >= 0.6 is 11.6 Å². The Morgan fingerprint density at radius 2 is 1.88 bits per heavy atom. The van der Waals surface area contributed by atoms with Crippen molar-refractivity contribution in [2.75, 3.05) is 12.4 Å². The van der Waals surface area contributed by atoms with Gasteiger partial charge in [0.1, 0.15) is 5.82 Å². The van der Waals surface area contributed by atoms with Gasteiger partial charge in [-0.15, -0.1) is 0 Å². The summed E-state index contributed by atoms with van der Waals surface area (Å²) in [5.74, 6) is 0.171. The number of pyridine rings is 1. The number of nitrogens with zero attached hydrogens (tertiary/aromatic N) is 4. The van der Waals surface area contributed by atoms with Gasteiger partial charge in [-0.1, -0.05) is 32.4 Å². The van der Waals surface area contributed by atoms with Crippen LogP contribution in [0.15, 0.2) is 42.9 Å². The maximum Gasteiger partial charge on any atom is 0.416 e. The van der Waals surface area contributed by atoms with Crippen LogP contribution in [0.4, 0.5) is 16.3 Å². The lowest BCUT2D eigenvalue weighted by Gasteiger charge is -2.20. The van der Waals surface area contributed by atoms with E-state index in [0.29, 0.717) is 38.9 Å². The van der Waals surface area contributed by atoms with E-state index in [2.05, 4.69) is 20.7 Å². The zero-order valence-corrected chi connectivity index (χ0v) is 20.2. The molecule has 176 valence electrons. The fourth-order valence-electron chi connectivity index (χ4n) is 4.07. The molecule has 3 aromatic heterocycles. The second-order valence-electron chi connectivity index (χ2n) is 8.98. The van der Waals surface area contributed by atoms with E-state index in [1.165, 1.54) is 4.57 Å². The molecule has 1 aromatic carbocycles. The third-order valence-corrected chi connectivity index (χ3v) is 5.81. The predicted molar refractivity (Wildman–Crippen MR) is 132 cm³/mol. The highest BCUT2D eigenvalue weighted by Crippen LogP contribution is 2.41. The lowest BCUT2D eigenvalue weighted by molar-refractivity contribution is 0.0963. The van der Waals surface area contributed by atoms with E-state index < -0.39 is 6.09 Å². The van der Waals surface area contributed by atoms with Crippen LogP contribution in [0.2, 0.25) is 5.02 Å². The minimum Gasteiger partial charge on any atom is -0.464 e. The fourth-order valence-corrected chi connectivity index (χ4v) is 4.29. The first-order valence-corrected chi connectivity index (χ1v) is 10.9. The van der Waals surface area contributed by atoms with Crippen molar-refractivity contribution in [1.29, 1.82) is 0 Å². The molecular weight excluding hydrogens is 456 g/mol. The average molecular weight is 481 g/mol. The van der Waals surface area contributed by atoms with E-state index in [0.717, 1.165) is 10.9 Å². The van der Waals surface area contributed by atoms with Crippen LogP contribution < -0.4 is 10.6 Å². The number of rotatable bonds is 4. The summed E-state index contributed by atoms with van der Waals surface area (Å²) in [5, 5.41) is 21.2. The Hall–Kier alpha value is -3.85. The molecule has 0 fully saturated rings. The van der Waals surface area contributed by atoms with E-state index in [4.69, 9.17) is 11.6 Å². The van der Waals surface area contributed by atoms with Gasteiger partial charge in [0.2, 0.25) is 0 Å². The summed E-state index contributed by atoms with van der Waals surface area (Å²) in [4.78, 5) is 28.8. The van der Waals surface area contributed by atoms with E-state index in [1.807, 2.05) is 20.8 Å². The summed E-state index contributed by atoms with van der Waals surface area (Å²) in [6.07, 6.45) is 4.01. The van der Waals surface area contributed by atoms with Gasteiger partial charge in [-0.3, -0.25) is 9.48 Å². The standard InChI is InChI=1S/C24H25ClN6O3/c1-24(2,3)20-15-11-27-19(29-17-7-6-13(8-16(17)25)22(32)26-4)9-18(15)31(23(33)34)21(20)14-10-28-30(5)12-14/h6-12H,1-5H3,(H,26,32)(H,27,29)(H,33,34). The van der Waals surface area contributed by atoms with Crippen molar-refractivity contribution >= 4 is 46.0 Å². The Labute approximate surface area is 201 Å². The number of fused-ring (bicyclic) bond motifs is 1. The number of benzene rings is 1. The molecule has 0 atom stereocenters. The van der Waals surface area contributed by atoms with E-state index in [-0.39, 0.29) is 11.3 Å². The van der Waals surface area contributed by atoms with Crippen LogP contribution in [0.3, 0.4) is 0 Å². The highest BCUT2D eigenvalue weighted by Gasteiger charge is 2.30. The van der Waals surface area contributed by atoms with Gasteiger partial charge in [0.15, 0.2) is 0 Å². The smallest absolute Gasteiger partial charge is 0.416 e. The van der Waals surface area contributed by atoms with Crippen molar-refractivity contribution < 1.29 is 14.7 Å². The Kier molecular flexibility index (Phi) is 5.82. The zero-order valence-electron chi connectivity index (χ0n) is 19.5. The van der Waals surface area contributed by atoms with E-state index in [1.54, 1.807) is 61.6 Å². The van der Waals surface area contributed by atoms with Gasteiger partial charge < -0.3 is 15.7 Å². The molecule has 0 bridgehead atoms. The highest BCUT2D eigenvalue weighted by molar-refractivity contribution is 6.33. The Morgan fingerprint density at radius 1 is 1.15 bits per heavy atom. The largest absolute Gasteiger partial charge is 0.464 e. The third-order valence-electron chi connectivity index (χ3n) is 5.49. The quantitative estimate of drug-likeness (QED) is 0.378. The molecule has 0 unspecified atom stereocenters. The van der Waals surface area contributed by atoms with Crippen LogP contribution in [0.1, 0.15) is 36.7 Å². The summed E-state index contributed by atoms with van der Waals surface area (Å²) >= 11 is 6.37. The molecule has 0 saturated heterocycles. The number of aromatic nitrogens is 4. The van der Waals surface area contributed by atoms with Crippen molar-refractivity contribution in [2.24, 2.45) is 7.05 Å². The van der Waals surface area contributed by atoms with Gasteiger partial charge >= 0.3 is 6.09 Å². The lowest BCUT2D eigenvalue weighted by Crippen LogP contribution is -2.17. The molecule has 34 heavy (non-hydrogen) atoms. The fraction of sp³-hybridized carbons (Fsp3) is 0.250. The zero-order chi connectivity index (χ0) is 24.8. The Morgan fingerprint density at radius 3 is 2.44 bits per heavy atom. The van der Waals surface area contributed by atoms with Gasteiger partial charge in [0, 0.05) is 49.1 Å². The molecule has 0 aliphatic carbocycles. The van der Waals surface area contributed by atoms with Gasteiger partial charge in [-0.25, -0.2) is 14.3 Å². The van der Waals surface area contributed by atoms with Gasteiger partial charge in [-0.05, 0) is 29.2 Å². The predicted octanol–water partition coefficient (Wildman–Crippen LogP) is 5.02. The first-order chi connectivity index (χ1) is 16.0. The van der Waals surface area contributed by atoms with Crippen LogP contribution in [-0.2, 0) is 12.5 Å². The summed E-state index contributed by atoms with van der Waals surface area (Å²) in [6.45, 7) is 6.11. The molecule has 1 amide bonds. The second kappa shape index (κ2) is 8.49. The van der Waals surface area contributed by atoms with Gasteiger partial charge in [0.05, 0.1) is 28.1 Å². The van der Waals surface area contributed by atoms with Crippen LogP contribution in [0.5, 0.6) is 0 Å². The number of anilines is 2. The number of hydrogen-bond acceptors (Lipinski definition) is 5. The molecule has 0 spiro atoms. The van der Waals surface area contributed by atoms with E-state index in [9.17, 15) is 14.7 Å². The first kappa shape index (κ1) is 23.3. The topological polar surface area (TPSA) is 114 Å².